The Hall–Kier alpha value is -3.26. The molecule has 0 bridgehead atoms. The van der Waals surface area contributed by atoms with Crippen LogP contribution in [0.1, 0.15) is 22.3 Å². The van der Waals surface area contributed by atoms with Crippen LogP contribution in [0.15, 0.2) is 110 Å². The van der Waals surface area contributed by atoms with Crippen LogP contribution in [0.3, 0.4) is 0 Å². The SMILES string of the molecule is c1ccc(Cc2cc[n+](CC[n+]3ccc(Cc4ccccc4)cc3)cc2)cc1. The summed E-state index contributed by atoms with van der Waals surface area (Å²) >= 11 is 0. The first-order valence-electron chi connectivity index (χ1n) is 9.89. The van der Waals surface area contributed by atoms with Gasteiger partial charge in [-0.25, -0.2) is 0 Å². The van der Waals surface area contributed by atoms with E-state index in [0.717, 1.165) is 25.9 Å². The van der Waals surface area contributed by atoms with Crippen molar-refractivity contribution < 1.29 is 9.13 Å². The van der Waals surface area contributed by atoms with Crippen molar-refractivity contribution in [3.63, 3.8) is 0 Å². The third-order valence-corrected chi connectivity index (χ3v) is 5.04. The smallest absolute Gasteiger partial charge is 0.198 e. The molecule has 0 fully saturated rings. The van der Waals surface area contributed by atoms with E-state index in [4.69, 9.17) is 0 Å². The van der Waals surface area contributed by atoms with Crippen molar-refractivity contribution >= 4 is 0 Å². The van der Waals surface area contributed by atoms with Gasteiger partial charge in [-0.2, -0.15) is 9.13 Å². The zero-order valence-electron chi connectivity index (χ0n) is 16.1. The standard InChI is InChI=1S/C26H26N2/c1-3-7-23(8-4-1)21-25-11-15-27(16-12-25)19-20-28-17-13-26(14-18-28)22-24-9-5-2-6-10-24/h1-18H,19-22H2/q+2. The van der Waals surface area contributed by atoms with Crippen LogP contribution in [0.25, 0.3) is 0 Å². The molecule has 0 unspecified atom stereocenters. The topological polar surface area (TPSA) is 7.76 Å². The van der Waals surface area contributed by atoms with Gasteiger partial charge in [0.15, 0.2) is 24.8 Å². The molecule has 0 spiro atoms. The molecular weight excluding hydrogens is 340 g/mol. The van der Waals surface area contributed by atoms with Crippen molar-refractivity contribution in [2.45, 2.75) is 25.9 Å². The fourth-order valence-corrected chi connectivity index (χ4v) is 3.40. The van der Waals surface area contributed by atoms with Crippen LogP contribution >= 0.6 is 0 Å². The van der Waals surface area contributed by atoms with Gasteiger partial charge in [0.1, 0.15) is 0 Å². The maximum Gasteiger partial charge on any atom is 0.206 e. The minimum absolute atomic E-state index is 0.967. The molecule has 0 saturated carbocycles. The molecule has 4 aromatic rings. The van der Waals surface area contributed by atoms with Crippen LogP contribution < -0.4 is 9.13 Å². The molecule has 2 heterocycles. The summed E-state index contributed by atoms with van der Waals surface area (Å²) < 4.78 is 4.50. The number of aromatic nitrogens is 2. The predicted octanol–water partition coefficient (Wildman–Crippen LogP) is 4.14. The average molecular weight is 367 g/mol. The summed E-state index contributed by atoms with van der Waals surface area (Å²) in [4.78, 5) is 0. The zero-order valence-corrected chi connectivity index (χ0v) is 16.1. The second-order valence-electron chi connectivity index (χ2n) is 7.21. The fourth-order valence-electron chi connectivity index (χ4n) is 3.40. The minimum atomic E-state index is 0.967. The second kappa shape index (κ2) is 9.09. The Morgan fingerprint density at radius 2 is 0.714 bits per heavy atom. The van der Waals surface area contributed by atoms with Gasteiger partial charge in [-0.15, -0.1) is 0 Å². The van der Waals surface area contributed by atoms with E-state index < -0.39 is 0 Å². The lowest BCUT2D eigenvalue weighted by Crippen LogP contribution is -2.43. The summed E-state index contributed by atoms with van der Waals surface area (Å²) in [6.45, 7) is 1.93. The molecule has 0 saturated heterocycles. The number of benzene rings is 2. The first-order valence-corrected chi connectivity index (χ1v) is 9.89. The first kappa shape index (κ1) is 18.1. The summed E-state index contributed by atoms with van der Waals surface area (Å²) in [5, 5.41) is 0. The van der Waals surface area contributed by atoms with Crippen LogP contribution in [0.4, 0.5) is 0 Å². The molecule has 2 heteroatoms. The van der Waals surface area contributed by atoms with E-state index in [9.17, 15) is 0 Å². The Morgan fingerprint density at radius 3 is 1.07 bits per heavy atom. The second-order valence-corrected chi connectivity index (χ2v) is 7.21. The molecule has 4 rings (SSSR count). The zero-order chi connectivity index (χ0) is 19.0. The van der Waals surface area contributed by atoms with E-state index in [1.165, 1.54) is 22.3 Å². The fraction of sp³-hybridized carbons (Fsp3) is 0.154. The minimum Gasteiger partial charge on any atom is -0.198 e. The van der Waals surface area contributed by atoms with Crippen LogP contribution in [-0.2, 0) is 25.9 Å². The van der Waals surface area contributed by atoms with Crippen LogP contribution in [-0.4, -0.2) is 0 Å². The van der Waals surface area contributed by atoms with Crippen molar-refractivity contribution in [2.24, 2.45) is 0 Å². The van der Waals surface area contributed by atoms with Gasteiger partial charge < -0.3 is 0 Å². The molecule has 2 aromatic heterocycles. The molecule has 0 aliphatic carbocycles. The van der Waals surface area contributed by atoms with E-state index in [2.05, 4.69) is 119 Å². The van der Waals surface area contributed by atoms with Gasteiger partial charge in [0.05, 0.1) is 0 Å². The highest BCUT2D eigenvalue weighted by atomic mass is 15.0. The Kier molecular flexibility index (Phi) is 5.89. The van der Waals surface area contributed by atoms with Gasteiger partial charge in [-0.1, -0.05) is 60.7 Å². The number of rotatable bonds is 7. The van der Waals surface area contributed by atoms with Gasteiger partial charge in [-0.05, 0) is 35.1 Å². The normalized spacial score (nSPS) is 10.7. The Labute approximate surface area is 167 Å². The van der Waals surface area contributed by atoms with E-state index >= 15 is 0 Å². The van der Waals surface area contributed by atoms with Crippen molar-refractivity contribution in [3.05, 3.63) is 132 Å². The van der Waals surface area contributed by atoms with Crippen molar-refractivity contribution in [1.29, 1.82) is 0 Å². The number of nitrogens with zero attached hydrogens (tertiary/aromatic N) is 2. The summed E-state index contributed by atoms with van der Waals surface area (Å²) in [5.41, 5.74) is 5.40. The molecule has 0 aliphatic heterocycles. The number of hydrogen-bond acceptors (Lipinski definition) is 0. The molecule has 2 nitrogen and oxygen atoms in total. The van der Waals surface area contributed by atoms with Crippen molar-refractivity contribution in [2.75, 3.05) is 0 Å². The lowest BCUT2D eigenvalue weighted by Gasteiger charge is -2.02. The number of pyridine rings is 2. The number of aryl methyl sites for hydroxylation is 2. The quantitative estimate of drug-likeness (QED) is 0.434. The Morgan fingerprint density at radius 1 is 0.393 bits per heavy atom. The monoisotopic (exact) mass is 366 g/mol. The summed E-state index contributed by atoms with van der Waals surface area (Å²) in [6, 6.07) is 30.1. The van der Waals surface area contributed by atoms with Gasteiger partial charge in [0.2, 0.25) is 13.1 Å². The maximum atomic E-state index is 2.25. The highest BCUT2D eigenvalue weighted by molar-refractivity contribution is 5.24. The lowest BCUT2D eigenvalue weighted by atomic mass is 10.1. The largest absolute Gasteiger partial charge is 0.206 e. The molecule has 0 N–H and O–H groups in total. The first-order chi connectivity index (χ1) is 13.8. The third-order valence-electron chi connectivity index (χ3n) is 5.04. The van der Waals surface area contributed by atoms with Gasteiger partial charge in [-0.3, -0.25) is 0 Å². The maximum absolute atomic E-state index is 2.25. The Balaban J connectivity index is 1.30. The average Bonchev–Trinajstić information content (AvgIpc) is 2.76. The van der Waals surface area contributed by atoms with E-state index in [1.54, 1.807) is 0 Å². The molecule has 0 aliphatic rings. The van der Waals surface area contributed by atoms with E-state index in [0.29, 0.717) is 0 Å². The molecule has 0 atom stereocenters. The van der Waals surface area contributed by atoms with E-state index in [-0.39, 0.29) is 0 Å². The van der Waals surface area contributed by atoms with Gasteiger partial charge in [0, 0.05) is 24.3 Å². The highest BCUT2D eigenvalue weighted by Crippen LogP contribution is 2.08. The third kappa shape index (κ3) is 5.14. The molecule has 138 valence electrons. The van der Waals surface area contributed by atoms with Gasteiger partial charge >= 0.3 is 0 Å². The summed E-state index contributed by atoms with van der Waals surface area (Å²) in [6.07, 6.45) is 10.7. The Bertz CT molecular complexity index is 891. The highest BCUT2D eigenvalue weighted by Gasteiger charge is 2.07. The van der Waals surface area contributed by atoms with Crippen molar-refractivity contribution in [3.8, 4) is 0 Å². The molecule has 28 heavy (non-hydrogen) atoms. The van der Waals surface area contributed by atoms with Crippen LogP contribution in [0.5, 0.6) is 0 Å². The predicted molar refractivity (Wildman–Crippen MR) is 112 cm³/mol. The lowest BCUT2D eigenvalue weighted by molar-refractivity contribution is -0.778. The summed E-state index contributed by atoms with van der Waals surface area (Å²) in [7, 11) is 0. The van der Waals surface area contributed by atoms with E-state index in [1.807, 2.05) is 0 Å². The van der Waals surface area contributed by atoms with Gasteiger partial charge in [0.25, 0.3) is 0 Å². The molecule has 0 amide bonds. The number of hydrogen-bond donors (Lipinski definition) is 0. The summed E-state index contributed by atoms with van der Waals surface area (Å²) in [5.74, 6) is 0. The molecular formula is C26H26N2+2. The van der Waals surface area contributed by atoms with Crippen LogP contribution in [0, 0.1) is 0 Å². The molecule has 2 aromatic carbocycles. The molecule has 0 radical (unpaired) electrons. The van der Waals surface area contributed by atoms with Crippen molar-refractivity contribution in [1.82, 2.24) is 0 Å². The van der Waals surface area contributed by atoms with Crippen LogP contribution in [0.2, 0.25) is 0 Å².